The van der Waals surface area contributed by atoms with E-state index in [0.29, 0.717) is 10.6 Å². The van der Waals surface area contributed by atoms with Gasteiger partial charge in [0.15, 0.2) is 0 Å². The highest BCUT2D eigenvalue weighted by Gasteiger charge is 2.11. The Kier molecular flexibility index (Phi) is 4.17. The highest BCUT2D eigenvalue weighted by Crippen LogP contribution is 2.22. The molecule has 1 aromatic heterocycles. The zero-order chi connectivity index (χ0) is 16.4. The van der Waals surface area contributed by atoms with Crippen molar-refractivity contribution in [2.45, 2.75) is 13.8 Å². The predicted octanol–water partition coefficient (Wildman–Crippen LogP) is 4.39. The molecule has 1 heterocycles. The molecule has 3 aromatic rings. The van der Waals surface area contributed by atoms with Crippen LogP contribution in [0.3, 0.4) is 0 Å². The first-order valence-electron chi connectivity index (χ1n) is 7.25. The third kappa shape index (κ3) is 3.12. The molecule has 0 saturated carbocycles. The molecule has 0 aliphatic carbocycles. The Morgan fingerprint density at radius 3 is 2.26 bits per heavy atom. The maximum atomic E-state index is 12.2. The van der Waals surface area contributed by atoms with Crippen molar-refractivity contribution in [3.05, 3.63) is 76.6 Å². The summed E-state index contributed by atoms with van der Waals surface area (Å²) in [5.41, 5.74) is 3.90. The molecule has 0 fully saturated rings. The summed E-state index contributed by atoms with van der Waals surface area (Å²) in [6, 6.07) is 16.6. The van der Waals surface area contributed by atoms with Crippen LogP contribution in [-0.4, -0.2) is 15.7 Å². The molecule has 0 spiro atoms. The molecule has 116 valence electrons. The van der Waals surface area contributed by atoms with Crippen LogP contribution in [0.5, 0.6) is 0 Å². The standard InChI is InChI=1S/C18H16ClN3O/c1-12-17(19)13(2)22(21-12)16-10-8-14(9-11-16)18(23)20-15-6-4-3-5-7-15/h3-11H,1-2H3,(H,20,23). The number of rotatable bonds is 3. The summed E-state index contributed by atoms with van der Waals surface area (Å²) in [5, 5.41) is 7.93. The van der Waals surface area contributed by atoms with Crippen LogP contribution in [0, 0.1) is 13.8 Å². The first kappa shape index (κ1) is 15.3. The van der Waals surface area contributed by atoms with Gasteiger partial charge < -0.3 is 5.32 Å². The lowest BCUT2D eigenvalue weighted by molar-refractivity contribution is 0.102. The summed E-state index contributed by atoms with van der Waals surface area (Å²) in [6.07, 6.45) is 0. The van der Waals surface area contributed by atoms with E-state index in [9.17, 15) is 4.79 Å². The fourth-order valence-electron chi connectivity index (χ4n) is 2.35. The van der Waals surface area contributed by atoms with E-state index in [-0.39, 0.29) is 5.91 Å². The molecule has 0 radical (unpaired) electrons. The third-order valence-electron chi connectivity index (χ3n) is 3.61. The van der Waals surface area contributed by atoms with E-state index in [4.69, 9.17) is 11.6 Å². The summed E-state index contributed by atoms with van der Waals surface area (Å²) >= 11 is 6.17. The van der Waals surface area contributed by atoms with Gasteiger partial charge in [0.05, 0.1) is 22.1 Å². The number of halogens is 1. The van der Waals surface area contributed by atoms with E-state index in [0.717, 1.165) is 22.8 Å². The molecule has 0 bridgehead atoms. The van der Waals surface area contributed by atoms with Crippen LogP contribution in [0.2, 0.25) is 5.02 Å². The van der Waals surface area contributed by atoms with Crippen LogP contribution in [0.15, 0.2) is 54.6 Å². The minimum atomic E-state index is -0.144. The van der Waals surface area contributed by atoms with Gasteiger partial charge >= 0.3 is 0 Å². The normalized spacial score (nSPS) is 10.6. The largest absolute Gasteiger partial charge is 0.322 e. The molecule has 0 aliphatic heterocycles. The topological polar surface area (TPSA) is 46.9 Å². The SMILES string of the molecule is Cc1nn(-c2ccc(C(=O)Nc3ccccc3)cc2)c(C)c1Cl. The first-order valence-corrected chi connectivity index (χ1v) is 7.62. The van der Waals surface area contributed by atoms with Gasteiger partial charge in [0.2, 0.25) is 0 Å². The van der Waals surface area contributed by atoms with E-state index in [1.807, 2.05) is 56.3 Å². The Morgan fingerprint density at radius 1 is 1.04 bits per heavy atom. The number of para-hydroxylation sites is 1. The molecule has 0 unspecified atom stereocenters. The number of hydrogen-bond donors (Lipinski definition) is 1. The molecule has 23 heavy (non-hydrogen) atoms. The van der Waals surface area contributed by atoms with Crippen molar-refractivity contribution in [1.82, 2.24) is 9.78 Å². The lowest BCUT2D eigenvalue weighted by Gasteiger charge is -2.07. The Labute approximate surface area is 139 Å². The Hall–Kier alpha value is -2.59. The highest BCUT2D eigenvalue weighted by molar-refractivity contribution is 6.31. The quantitative estimate of drug-likeness (QED) is 0.776. The van der Waals surface area contributed by atoms with E-state index in [1.54, 1.807) is 16.8 Å². The van der Waals surface area contributed by atoms with Crippen molar-refractivity contribution < 1.29 is 4.79 Å². The smallest absolute Gasteiger partial charge is 0.255 e. The van der Waals surface area contributed by atoms with Gasteiger partial charge in [-0.15, -0.1) is 0 Å². The van der Waals surface area contributed by atoms with Crippen LogP contribution in [0.25, 0.3) is 5.69 Å². The molecular formula is C18H16ClN3O. The minimum absolute atomic E-state index is 0.144. The Balaban J connectivity index is 1.82. The zero-order valence-corrected chi connectivity index (χ0v) is 13.6. The molecule has 2 aromatic carbocycles. The summed E-state index contributed by atoms with van der Waals surface area (Å²) in [4.78, 5) is 12.2. The second-order valence-corrected chi connectivity index (χ2v) is 5.64. The van der Waals surface area contributed by atoms with Crippen LogP contribution >= 0.6 is 11.6 Å². The summed E-state index contributed by atoms with van der Waals surface area (Å²) in [6.45, 7) is 3.78. The molecule has 1 amide bonds. The zero-order valence-electron chi connectivity index (χ0n) is 12.9. The van der Waals surface area contributed by atoms with E-state index < -0.39 is 0 Å². The van der Waals surface area contributed by atoms with Gasteiger partial charge in [-0.3, -0.25) is 4.79 Å². The monoisotopic (exact) mass is 325 g/mol. The molecule has 5 heteroatoms. The van der Waals surface area contributed by atoms with Crippen molar-refractivity contribution >= 4 is 23.2 Å². The number of carbonyl (C=O) groups excluding carboxylic acids is 1. The molecule has 3 rings (SSSR count). The number of amides is 1. The number of carbonyl (C=O) groups is 1. The first-order chi connectivity index (χ1) is 11.1. The highest BCUT2D eigenvalue weighted by atomic mass is 35.5. The fourth-order valence-corrected chi connectivity index (χ4v) is 2.47. The summed E-state index contributed by atoms with van der Waals surface area (Å²) in [7, 11) is 0. The van der Waals surface area contributed by atoms with Crippen LogP contribution in [0.1, 0.15) is 21.7 Å². The van der Waals surface area contributed by atoms with Gasteiger partial charge in [-0.05, 0) is 50.2 Å². The number of benzene rings is 2. The maximum Gasteiger partial charge on any atom is 0.255 e. The Bertz CT molecular complexity index is 839. The number of nitrogens with one attached hydrogen (secondary N) is 1. The third-order valence-corrected chi connectivity index (χ3v) is 4.16. The van der Waals surface area contributed by atoms with Crippen molar-refractivity contribution in [3.8, 4) is 5.69 Å². The molecule has 1 N–H and O–H groups in total. The van der Waals surface area contributed by atoms with Gasteiger partial charge in [0.1, 0.15) is 0 Å². The molecule has 0 aliphatic rings. The van der Waals surface area contributed by atoms with Crippen LogP contribution in [0.4, 0.5) is 5.69 Å². The molecular weight excluding hydrogens is 310 g/mol. The molecule has 0 atom stereocenters. The average Bonchev–Trinajstić information content (AvgIpc) is 2.83. The minimum Gasteiger partial charge on any atom is -0.322 e. The Morgan fingerprint density at radius 2 is 1.70 bits per heavy atom. The number of aromatic nitrogens is 2. The van der Waals surface area contributed by atoms with Gasteiger partial charge in [-0.2, -0.15) is 5.10 Å². The van der Waals surface area contributed by atoms with Gasteiger partial charge in [-0.25, -0.2) is 4.68 Å². The van der Waals surface area contributed by atoms with E-state index in [1.165, 1.54) is 0 Å². The lowest BCUT2D eigenvalue weighted by atomic mass is 10.2. The van der Waals surface area contributed by atoms with Crippen LogP contribution < -0.4 is 5.32 Å². The van der Waals surface area contributed by atoms with Gasteiger partial charge in [0, 0.05) is 11.3 Å². The second-order valence-electron chi connectivity index (χ2n) is 5.26. The second kappa shape index (κ2) is 6.26. The van der Waals surface area contributed by atoms with Crippen molar-refractivity contribution in [3.63, 3.8) is 0 Å². The average molecular weight is 326 g/mol. The fraction of sp³-hybridized carbons (Fsp3) is 0.111. The van der Waals surface area contributed by atoms with Crippen molar-refractivity contribution in [2.75, 3.05) is 5.32 Å². The summed E-state index contributed by atoms with van der Waals surface area (Å²) < 4.78 is 1.77. The number of anilines is 1. The van der Waals surface area contributed by atoms with Crippen LogP contribution in [-0.2, 0) is 0 Å². The van der Waals surface area contributed by atoms with E-state index >= 15 is 0 Å². The van der Waals surface area contributed by atoms with Crippen molar-refractivity contribution in [1.29, 1.82) is 0 Å². The summed E-state index contributed by atoms with van der Waals surface area (Å²) in [5.74, 6) is -0.144. The van der Waals surface area contributed by atoms with Gasteiger partial charge in [0.25, 0.3) is 5.91 Å². The van der Waals surface area contributed by atoms with Crippen molar-refractivity contribution in [2.24, 2.45) is 0 Å². The number of hydrogen-bond acceptors (Lipinski definition) is 2. The van der Waals surface area contributed by atoms with E-state index in [2.05, 4.69) is 10.4 Å². The number of aryl methyl sites for hydroxylation is 1. The lowest BCUT2D eigenvalue weighted by Crippen LogP contribution is -2.11. The molecule has 0 saturated heterocycles. The number of nitrogens with zero attached hydrogens (tertiary/aromatic N) is 2. The maximum absolute atomic E-state index is 12.2. The molecule has 4 nitrogen and oxygen atoms in total. The predicted molar refractivity (Wildman–Crippen MR) is 92.4 cm³/mol. The van der Waals surface area contributed by atoms with Gasteiger partial charge in [-0.1, -0.05) is 29.8 Å².